The van der Waals surface area contributed by atoms with Gasteiger partial charge in [0.05, 0.1) is 0 Å². The molecular weight excluding hydrogens is 240 g/mol. The lowest BCUT2D eigenvalue weighted by molar-refractivity contribution is -0.138. The van der Waals surface area contributed by atoms with E-state index in [9.17, 15) is 0 Å². The third-order valence-electron chi connectivity index (χ3n) is 2.86. The van der Waals surface area contributed by atoms with E-state index in [0.717, 1.165) is 19.5 Å². The zero-order valence-electron chi connectivity index (χ0n) is 13.7. The van der Waals surface area contributed by atoms with E-state index in [-0.39, 0.29) is 6.29 Å². The van der Waals surface area contributed by atoms with Gasteiger partial charge in [-0.25, -0.2) is 0 Å². The molecule has 0 bridgehead atoms. The second kappa shape index (κ2) is 11.6. The van der Waals surface area contributed by atoms with E-state index < -0.39 is 0 Å². The Hall–Kier alpha value is -0.160. The van der Waals surface area contributed by atoms with Crippen molar-refractivity contribution in [2.24, 2.45) is 5.92 Å². The Kier molecular flexibility index (Phi) is 11.6. The molecule has 0 fully saturated rings. The molecule has 0 radical (unpaired) electrons. The first-order valence-corrected chi connectivity index (χ1v) is 7.60. The van der Waals surface area contributed by atoms with Crippen LogP contribution in [0.1, 0.15) is 40.5 Å². The van der Waals surface area contributed by atoms with Gasteiger partial charge in [-0.15, -0.1) is 0 Å². The minimum absolute atomic E-state index is 0.0680. The maximum absolute atomic E-state index is 5.55. The first kappa shape index (κ1) is 18.8. The van der Waals surface area contributed by atoms with Crippen LogP contribution in [0.2, 0.25) is 0 Å². The summed E-state index contributed by atoms with van der Waals surface area (Å²) in [7, 11) is 4.25. The molecule has 1 unspecified atom stereocenters. The Bertz CT molecular complexity index is 183. The summed E-state index contributed by atoms with van der Waals surface area (Å²) >= 11 is 0. The summed E-state index contributed by atoms with van der Waals surface area (Å²) in [6.07, 6.45) is 2.04. The van der Waals surface area contributed by atoms with Crippen molar-refractivity contribution in [1.82, 2.24) is 10.2 Å². The number of nitrogens with zero attached hydrogens (tertiary/aromatic N) is 1. The van der Waals surface area contributed by atoms with Crippen LogP contribution in [-0.4, -0.2) is 57.6 Å². The molecule has 0 saturated carbocycles. The number of ether oxygens (including phenoxy) is 2. The fourth-order valence-corrected chi connectivity index (χ4v) is 2.22. The van der Waals surface area contributed by atoms with Gasteiger partial charge in [-0.3, -0.25) is 0 Å². The van der Waals surface area contributed by atoms with Gasteiger partial charge in [0.1, 0.15) is 0 Å². The standard InChI is InChI=1S/C15H34N2O2/c1-7-18-15(19-8-2)9-10-16-14(11-13(3)4)12-17(5)6/h13-16H,7-12H2,1-6H3. The van der Waals surface area contributed by atoms with E-state index in [1.165, 1.54) is 6.42 Å². The lowest BCUT2D eigenvalue weighted by atomic mass is 10.0. The van der Waals surface area contributed by atoms with Crippen LogP contribution in [-0.2, 0) is 9.47 Å². The maximum atomic E-state index is 5.55. The van der Waals surface area contributed by atoms with Crippen molar-refractivity contribution in [3.63, 3.8) is 0 Å². The topological polar surface area (TPSA) is 33.7 Å². The Morgan fingerprint density at radius 3 is 2.05 bits per heavy atom. The van der Waals surface area contributed by atoms with Crippen LogP contribution in [0.5, 0.6) is 0 Å². The van der Waals surface area contributed by atoms with Crippen molar-refractivity contribution in [2.45, 2.75) is 52.9 Å². The van der Waals surface area contributed by atoms with Crippen molar-refractivity contribution in [3.05, 3.63) is 0 Å². The van der Waals surface area contributed by atoms with Crippen molar-refractivity contribution in [1.29, 1.82) is 0 Å². The minimum Gasteiger partial charge on any atom is -0.353 e. The number of likely N-dealkylation sites (N-methyl/N-ethyl adjacent to an activating group) is 1. The van der Waals surface area contributed by atoms with E-state index in [2.05, 4.69) is 38.2 Å². The second-order valence-corrected chi connectivity index (χ2v) is 5.67. The third-order valence-corrected chi connectivity index (χ3v) is 2.86. The van der Waals surface area contributed by atoms with Gasteiger partial charge in [0.2, 0.25) is 0 Å². The van der Waals surface area contributed by atoms with E-state index in [4.69, 9.17) is 9.47 Å². The predicted molar refractivity (Wildman–Crippen MR) is 81.5 cm³/mol. The molecule has 0 aliphatic heterocycles. The lowest BCUT2D eigenvalue weighted by Gasteiger charge is -2.25. The molecule has 4 heteroatoms. The van der Waals surface area contributed by atoms with Gasteiger partial charge in [0.25, 0.3) is 0 Å². The molecule has 0 aromatic carbocycles. The molecule has 0 aromatic rings. The van der Waals surface area contributed by atoms with Crippen LogP contribution in [0.25, 0.3) is 0 Å². The summed E-state index contributed by atoms with van der Waals surface area (Å²) in [5, 5.41) is 3.63. The molecule has 4 nitrogen and oxygen atoms in total. The summed E-state index contributed by atoms with van der Waals surface area (Å²) in [6, 6.07) is 0.541. The fraction of sp³-hybridized carbons (Fsp3) is 1.00. The normalized spacial score (nSPS) is 13.7. The highest BCUT2D eigenvalue weighted by Crippen LogP contribution is 2.06. The molecule has 116 valence electrons. The van der Waals surface area contributed by atoms with Crippen LogP contribution in [0, 0.1) is 5.92 Å². The number of hydrogen-bond acceptors (Lipinski definition) is 4. The number of hydrogen-bond donors (Lipinski definition) is 1. The quantitative estimate of drug-likeness (QED) is 0.554. The van der Waals surface area contributed by atoms with Crippen LogP contribution >= 0.6 is 0 Å². The van der Waals surface area contributed by atoms with Crippen molar-refractivity contribution in [3.8, 4) is 0 Å². The molecule has 1 atom stereocenters. The van der Waals surface area contributed by atoms with Gasteiger partial charge in [0.15, 0.2) is 6.29 Å². The van der Waals surface area contributed by atoms with Crippen molar-refractivity contribution < 1.29 is 9.47 Å². The Balaban J connectivity index is 4.00. The highest BCUT2D eigenvalue weighted by Gasteiger charge is 2.13. The molecule has 0 heterocycles. The molecule has 1 N–H and O–H groups in total. The molecule has 0 saturated heterocycles. The zero-order valence-corrected chi connectivity index (χ0v) is 13.7. The summed E-state index contributed by atoms with van der Waals surface area (Å²) in [4.78, 5) is 2.24. The molecule has 0 amide bonds. The zero-order chi connectivity index (χ0) is 14.7. The average Bonchev–Trinajstić information content (AvgIpc) is 2.27. The fourth-order valence-electron chi connectivity index (χ4n) is 2.22. The molecule has 0 aromatic heterocycles. The molecule has 0 aliphatic carbocycles. The van der Waals surface area contributed by atoms with Gasteiger partial charge in [-0.05, 0) is 40.3 Å². The molecule has 0 aliphatic rings. The summed E-state index contributed by atoms with van der Waals surface area (Å²) in [5.74, 6) is 0.715. The molecule has 0 rings (SSSR count). The van der Waals surface area contributed by atoms with E-state index in [1.807, 2.05) is 13.8 Å². The number of rotatable bonds is 12. The van der Waals surface area contributed by atoms with E-state index in [0.29, 0.717) is 25.2 Å². The SMILES string of the molecule is CCOC(CCNC(CC(C)C)CN(C)C)OCC. The van der Waals surface area contributed by atoms with Gasteiger partial charge in [-0.1, -0.05) is 13.8 Å². The van der Waals surface area contributed by atoms with Gasteiger partial charge in [0, 0.05) is 38.8 Å². The molecular formula is C15H34N2O2. The summed E-state index contributed by atoms with van der Waals surface area (Å²) in [6.45, 7) is 12.0. The monoisotopic (exact) mass is 274 g/mol. The average molecular weight is 274 g/mol. The van der Waals surface area contributed by atoms with Gasteiger partial charge >= 0.3 is 0 Å². The first-order chi connectivity index (χ1) is 8.99. The largest absolute Gasteiger partial charge is 0.353 e. The van der Waals surface area contributed by atoms with E-state index in [1.54, 1.807) is 0 Å². The van der Waals surface area contributed by atoms with Crippen LogP contribution < -0.4 is 5.32 Å². The highest BCUT2D eigenvalue weighted by molar-refractivity contribution is 4.71. The Labute approximate surface area is 119 Å². The van der Waals surface area contributed by atoms with Crippen LogP contribution in [0.4, 0.5) is 0 Å². The predicted octanol–water partition coefficient (Wildman–Crippen LogP) is 2.34. The summed E-state index contributed by atoms with van der Waals surface area (Å²) in [5.41, 5.74) is 0. The second-order valence-electron chi connectivity index (χ2n) is 5.67. The van der Waals surface area contributed by atoms with Gasteiger partial charge < -0.3 is 19.7 Å². The van der Waals surface area contributed by atoms with Crippen LogP contribution in [0.15, 0.2) is 0 Å². The van der Waals surface area contributed by atoms with Crippen LogP contribution in [0.3, 0.4) is 0 Å². The number of nitrogens with one attached hydrogen (secondary N) is 1. The smallest absolute Gasteiger partial charge is 0.158 e. The van der Waals surface area contributed by atoms with E-state index >= 15 is 0 Å². The van der Waals surface area contributed by atoms with Crippen molar-refractivity contribution >= 4 is 0 Å². The molecule has 0 spiro atoms. The Morgan fingerprint density at radius 2 is 1.63 bits per heavy atom. The molecule has 19 heavy (non-hydrogen) atoms. The van der Waals surface area contributed by atoms with Crippen molar-refractivity contribution in [2.75, 3.05) is 40.4 Å². The minimum atomic E-state index is -0.0680. The third kappa shape index (κ3) is 11.4. The lowest BCUT2D eigenvalue weighted by Crippen LogP contribution is -2.40. The maximum Gasteiger partial charge on any atom is 0.158 e. The Morgan fingerprint density at radius 1 is 1.05 bits per heavy atom. The van der Waals surface area contributed by atoms with Gasteiger partial charge in [-0.2, -0.15) is 0 Å². The first-order valence-electron chi connectivity index (χ1n) is 7.60. The summed E-state index contributed by atoms with van der Waals surface area (Å²) < 4.78 is 11.1. The highest BCUT2D eigenvalue weighted by atomic mass is 16.7.